The van der Waals surface area contributed by atoms with Crippen molar-refractivity contribution in [1.29, 1.82) is 0 Å². The van der Waals surface area contributed by atoms with E-state index in [0.717, 1.165) is 42.0 Å². The van der Waals surface area contributed by atoms with Gasteiger partial charge in [0.05, 0.1) is 5.39 Å². The number of fused-ring (bicyclic) bond motifs is 1. The van der Waals surface area contributed by atoms with E-state index in [-0.39, 0.29) is 12.0 Å². The van der Waals surface area contributed by atoms with Crippen molar-refractivity contribution >= 4 is 33.3 Å². The van der Waals surface area contributed by atoms with Crippen molar-refractivity contribution in [3.63, 3.8) is 0 Å². The lowest BCUT2D eigenvalue weighted by Gasteiger charge is -2.24. The molecule has 0 aliphatic carbocycles. The van der Waals surface area contributed by atoms with Crippen LogP contribution >= 0.6 is 11.3 Å². The molecule has 0 aliphatic heterocycles. The zero-order valence-corrected chi connectivity index (χ0v) is 13.8. The lowest BCUT2D eigenvalue weighted by Crippen LogP contribution is -2.24. The minimum Gasteiger partial charge on any atom is -0.396 e. The van der Waals surface area contributed by atoms with Crippen LogP contribution in [0.4, 0.5) is 11.8 Å². The predicted octanol–water partition coefficient (Wildman–Crippen LogP) is 3.33. The minimum absolute atomic E-state index is 0.0268. The van der Waals surface area contributed by atoms with E-state index in [1.807, 2.05) is 11.4 Å². The fraction of sp³-hybridized carbons (Fsp3) is 0.600. The van der Waals surface area contributed by atoms with Crippen LogP contribution in [0.5, 0.6) is 0 Å². The normalized spacial score (nSPS) is 11.8. The molecule has 21 heavy (non-hydrogen) atoms. The third-order valence-corrected chi connectivity index (χ3v) is 4.19. The summed E-state index contributed by atoms with van der Waals surface area (Å²) in [5, 5.41) is 18.9. The zero-order valence-electron chi connectivity index (χ0n) is 12.9. The van der Waals surface area contributed by atoms with Crippen molar-refractivity contribution in [2.45, 2.75) is 33.6 Å². The van der Waals surface area contributed by atoms with E-state index >= 15 is 0 Å². The van der Waals surface area contributed by atoms with Gasteiger partial charge >= 0.3 is 0 Å². The van der Waals surface area contributed by atoms with Crippen LogP contribution in [0, 0.1) is 5.41 Å². The van der Waals surface area contributed by atoms with Crippen LogP contribution in [0.15, 0.2) is 11.4 Å². The highest BCUT2D eigenvalue weighted by Gasteiger charge is 2.18. The Morgan fingerprint density at radius 2 is 2.10 bits per heavy atom. The minimum atomic E-state index is 0.0268. The van der Waals surface area contributed by atoms with Gasteiger partial charge < -0.3 is 15.7 Å². The molecule has 0 saturated heterocycles. The van der Waals surface area contributed by atoms with Gasteiger partial charge in [0.2, 0.25) is 5.95 Å². The number of rotatable bonds is 8. The Labute approximate surface area is 129 Å². The first kappa shape index (κ1) is 16.0. The highest BCUT2D eigenvalue weighted by molar-refractivity contribution is 7.16. The topological polar surface area (TPSA) is 70.1 Å². The smallest absolute Gasteiger partial charge is 0.226 e. The lowest BCUT2D eigenvalue weighted by molar-refractivity contribution is 0.220. The summed E-state index contributed by atoms with van der Waals surface area (Å²) in [6.07, 6.45) is 1.80. The maximum absolute atomic E-state index is 9.12. The van der Waals surface area contributed by atoms with E-state index in [1.54, 1.807) is 11.3 Å². The maximum atomic E-state index is 9.12. The summed E-state index contributed by atoms with van der Waals surface area (Å²) < 4.78 is 0. The summed E-state index contributed by atoms with van der Waals surface area (Å²) in [7, 11) is 0. The van der Waals surface area contributed by atoms with Crippen LogP contribution in [0.25, 0.3) is 10.2 Å². The van der Waals surface area contributed by atoms with Crippen molar-refractivity contribution in [2.75, 3.05) is 30.3 Å². The van der Waals surface area contributed by atoms with Crippen molar-refractivity contribution in [3.05, 3.63) is 11.4 Å². The molecule has 0 bridgehead atoms. The van der Waals surface area contributed by atoms with E-state index < -0.39 is 0 Å². The van der Waals surface area contributed by atoms with Crippen LogP contribution < -0.4 is 10.6 Å². The Hall–Kier alpha value is -1.40. The summed E-state index contributed by atoms with van der Waals surface area (Å²) in [5.41, 5.74) is 0.0268. The molecule has 0 unspecified atom stereocenters. The van der Waals surface area contributed by atoms with E-state index in [9.17, 15) is 0 Å². The molecule has 2 aromatic heterocycles. The highest BCUT2D eigenvalue weighted by atomic mass is 32.1. The van der Waals surface area contributed by atoms with Gasteiger partial charge in [-0.15, -0.1) is 11.3 Å². The summed E-state index contributed by atoms with van der Waals surface area (Å²) in [5.74, 6) is 1.54. The molecule has 0 spiro atoms. The summed E-state index contributed by atoms with van der Waals surface area (Å²) in [6.45, 7) is 8.23. The largest absolute Gasteiger partial charge is 0.396 e. The molecule has 5 nitrogen and oxygen atoms in total. The first-order valence-electron chi connectivity index (χ1n) is 7.39. The molecule has 0 saturated carbocycles. The molecule has 2 rings (SSSR count). The van der Waals surface area contributed by atoms with E-state index in [2.05, 4.69) is 41.4 Å². The Morgan fingerprint density at radius 3 is 2.81 bits per heavy atom. The third kappa shape index (κ3) is 4.28. The number of aliphatic hydroxyl groups excluding tert-OH is 1. The second-order valence-electron chi connectivity index (χ2n) is 5.95. The molecule has 0 fully saturated rings. The molecule has 0 atom stereocenters. The molecular formula is C15H24N4OS. The first-order chi connectivity index (χ1) is 10.1. The third-order valence-electron chi connectivity index (χ3n) is 3.38. The number of aliphatic hydroxyl groups is 1. The van der Waals surface area contributed by atoms with Crippen LogP contribution in [-0.2, 0) is 0 Å². The van der Waals surface area contributed by atoms with E-state index in [1.165, 1.54) is 0 Å². The molecule has 116 valence electrons. The van der Waals surface area contributed by atoms with Crippen molar-refractivity contribution in [3.8, 4) is 0 Å². The van der Waals surface area contributed by atoms with Gasteiger partial charge in [0, 0.05) is 19.7 Å². The SMILES string of the molecule is CCCNc1nc(NCC(C)(C)CCO)c2ccsc2n1. The highest BCUT2D eigenvalue weighted by Crippen LogP contribution is 2.28. The quantitative estimate of drug-likeness (QED) is 0.698. The zero-order chi connectivity index (χ0) is 15.3. The average Bonchev–Trinajstić information content (AvgIpc) is 2.91. The monoisotopic (exact) mass is 308 g/mol. The van der Waals surface area contributed by atoms with Crippen molar-refractivity contribution in [1.82, 2.24) is 9.97 Å². The number of thiophene rings is 1. The van der Waals surface area contributed by atoms with E-state index in [4.69, 9.17) is 5.11 Å². The Balaban J connectivity index is 2.18. The second-order valence-corrected chi connectivity index (χ2v) is 6.85. The number of anilines is 2. The Kier molecular flexibility index (Phi) is 5.36. The second kappa shape index (κ2) is 7.04. The molecule has 0 amide bonds. The molecular weight excluding hydrogens is 284 g/mol. The fourth-order valence-corrected chi connectivity index (χ4v) is 2.78. The lowest BCUT2D eigenvalue weighted by atomic mass is 9.90. The van der Waals surface area contributed by atoms with Gasteiger partial charge in [-0.1, -0.05) is 20.8 Å². The van der Waals surface area contributed by atoms with Gasteiger partial charge in [-0.05, 0) is 29.7 Å². The number of hydrogen-bond donors (Lipinski definition) is 3. The fourth-order valence-electron chi connectivity index (χ4n) is 2.02. The Morgan fingerprint density at radius 1 is 1.29 bits per heavy atom. The molecule has 6 heteroatoms. The summed E-state index contributed by atoms with van der Waals surface area (Å²) in [6, 6.07) is 2.05. The van der Waals surface area contributed by atoms with Crippen LogP contribution in [0.3, 0.4) is 0 Å². The predicted molar refractivity (Wildman–Crippen MR) is 90.2 cm³/mol. The molecule has 0 aliphatic rings. The first-order valence-corrected chi connectivity index (χ1v) is 8.27. The van der Waals surface area contributed by atoms with Gasteiger partial charge in [-0.2, -0.15) is 4.98 Å². The molecule has 0 radical (unpaired) electrons. The van der Waals surface area contributed by atoms with Crippen molar-refractivity contribution in [2.24, 2.45) is 5.41 Å². The number of aromatic nitrogens is 2. The van der Waals surface area contributed by atoms with Crippen LogP contribution in [0.2, 0.25) is 0 Å². The average molecular weight is 308 g/mol. The molecule has 0 aromatic carbocycles. The Bertz CT molecular complexity index is 582. The number of hydrogen-bond acceptors (Lipinski definition) is 6. The van der Waals surface area contributed by atoms with Gasteiger partial charge in [-0.25, -0.2) is 4.98 Å². The molecule has 3 N–H and O–H groups in total. The van der Waals surface area contributed by atoms with E-state index in [0.29, 0.717) is 5.95 Å². The summed E-state index contributed by atoms with van der Waals surface area (Å²) >= 11 is 1.62. The van der Waals surface area contributed by atoms with Crippen molar-refractivity contribution < 1.29 is 5.11 Å². The summed E-state index contributed by atoms with van der Waals surface area (Å²) in [4.78, 5) is 10.1. The van der Waals surface area contributed by atoms with Gasteiger partial charge in [0.1, 0.15) is 10.6 Å². The molecule has 2 heterocycles. The number of nitrogens with one attached hydrogen (secondary N) is 2. The van der Waals surface area contributed by atoms with Crippen LogP contribution in [-0.4, -0.2) is 34.8 Å². The maximum Gasteiger partial charge on any atom is 0.226 e. The standard InChI is InChI=1S/C15H24N4OS/c1-4-7-16-14-18-12(11-5-9-21-13(11)19-14)17-10-15(2,3)6-8-20/h5,9,20H,4,6-8,10H2,1-3H3,(H2,16,17,18,19). The van der Waals surface area contributed by atoms with Gasteiger partial charge in [-0.3, -0.25) is 0 Å². The van der Waals surface area contributed by atoms with Gasteiger partial charge in [0.15, 0.2) is 0 Å². The van der Waals surface area contributed by atoms with Gasteiger partial charge in [0.25, 0.3) is 0 Å². The molecule has 2 aromatic rings. The number of nitrogens with zero attached hydrogens (tertiary/aromatic N) is 2. The van der Waals surface area contributed by atoms with Crippen LogP contribution in [0.1, 0.15) is 33.6 Å².